The molecule has 0 fully saturated rings. The van der Waals surface area contributed by atoms with E-state index in [9.17, 15) is 18.0 Å². The van der Waals surface area contributed by atoms with E-state index >= 15 is 0 Å². The van der Waals surface area contributed by atoms with Gasteiger partial charge in [-0.2, -0.15) is 0 Å². The van der Waals surface area contributed by atoms with E-state index in [0.717, 1.165) is 0 Å². The highest BCUT2D eigenvalue weighted by Gasteiger charge is 2.36. The third-order valence-electron chi connectivity index (χ3n) is 3.36. The highest BCUT2D eigenvalue weighted by molar-refractivity contribution is 7.93. The lowest BCUT2D eigenvalue weighted by Crippen LogP contribution is -2.24. The van der Waals surface area contributed by atoms with Crippen LogP contribution in [0.4, 0.5) is 5.13 Å². The Morgan fingerprint density at radius 1 is 1.35 bits per heavy atom. The minimum absolute atomic E-state index is 0.00808. The van der Waals surface area contributed by atoms with Gasteiger partial charge in [-0.3, -0.25) is 4.79 Å². The normalized spacial score (nSPS) is 16.0. The fourth-order valence-electron chi connectivity index (χ4n) is 2.25. The molecule has 1 aromatic heterocycles. The molecule has 0 aliphatic carbocycles. The molecule has 1 aliphatic rings. The summed E-state index contributed by atoms with van der Waals surface area (Å²) >= 11 is 12.8. The Bertz CT molecular complexity index is 1040. The number of rotatable bonds is 4. The molecule has 0 radical (unpaired) electrons. The smallest absolute Gasteiger partial charge is 0.345 e. The van der Waals surface area contributed by atoms with Gasteiger partial charge in [-0.25, -0.2) is 13.2 Å². The molecule has 26 heavy (non-hydrogen) atoms. The zero-order valence-corrected chi connectivity index (χ0v) is 16.0. The van der Waals surface area contributed by atoms with Gasteiger partial charge in [-0.05, 0) is 6.07 Å². The number of ether oxygens (including phenoxy) is 1. The number of fused-ring (bicyclic) bond motifs is 1. The van der Waals surface area contributed by atoms with Gasteiger partial charge in [0.25, 0.3) is 0 Å². The summed E-state index contributed by atoms with van der Waals surface area (Å²) in [6.45, 7) is 1.24. The van der Waals surface area contributed by atoms with Crippen molar-refractivity contribution < 1.29 is 27.9 Å². The van der Waals surface area contributed by atoms with Crippen LogP contribution in [0.5, 0.6) is 5.75 Å². The van der Waals surface area contributed by atoms with Crippen LogP contribution in [-0.4, -0.2) is 41.7 Å². The fraction of sp³-hybridized carbons (Fsp3) is 0.231. The molecule has 2 aromatic rings. The first-order valence-corrected chi connectivity index (χ1v) is 9.93. The van der Waals surface area contributed by atoms with Crippen molar-refractivity contribution in [2.75, 3.05) is 5.32 Å². The minimum atomic E-state index is -4.19. The molecule has 1 atom stereocenters. The van der Waals surface area contributed by atoms with Crippen LogP contribution in [-0.2, 0) is 25.8 Å². The van der Waals surface area contributed by atoms with E-state index < -0.39 is 32.2 Å². The van der Waals surface area contributed by atoms with Crippen molar-refractivity contribution in [2.45, 2.75) is 28.7 Å². The number of amides is 1. The quantitative estimate of drug-likeness (QED) is 0.693. The minimum Gasteiger partial charge on any atom is -0.478 e. The van der Waals surface area contributed by atoms with Crippen molar-refractivity contribution in [3.8, 4) is 5.75 Å². The average Bonchev–Trinajstić information content (AvgIpc) is 3.17. The summed E-state index contributed by atoms with van der Waals surface area (Å²) in [5, 5.41) is 18.0. The number of hydrogen-bond acceptors (Lipinski definition) is 8. The number of sulfone groups is 1. The second-order valence-corrected chi connectivity index (χ2v) is 9.02. The van der Waals surface area contributed by atoms with Crippen LogP contribution < -0.4 is 10.1 Å². The fourth-order valence-corrected chi connectivity index (χ4v) is 5.45. The molecule has 1 amide bonds. The van der Waals surface area contributed by atoms with E-state index in [0.29, 0.717) is 16.9 Å². The lowest BCUT2D eigenvalue weighted by atomic mass is 10.1. The summed E-state index contributed by atoms with van der Waals surface area (Å²) in [6.07, 6.45) is -1.23. The number of carbonyl (C=O) groups excluding carboxylic acids is 1. The standard InChI is InChI=1S/C13H9Cl2N3O6S2/c1-4(19)16-12-17-18-13(25-12)26(22,23)7-3-5-2-6(11(20)21)24-10(5)9(15)8(7)14/h3,6H,2H2,1H3,(H,20,21)(H,16,17,19). The summed E-state index contributed by atoms with van der Waals surface area (Å²) in [5.74, 6) is -1.60. The Hall–Kier alpha value is -1.95. The molecule has 3 rings (SSSR count). The Morgan fingerprint density at radius 3 is 2.65 bits per heavy atom. The summed E-state index contributed by atoms with van der Waals surface area (Å²) in [4.78, 5) is 21.8. The monoisotopic (exact) mass is 437 g/mol. The summed E-state index contributed by atoms with van der Waals surface area (Å²) in [6, 6.07) is 1.21. The van der Waals surface area contributed by atoms with E-state index in [1.165, 1.54) is 13.0 Å². The van der Waals surface area contributed by atoms with Crippen molar-refractivity contribution in [1.29, 1.82) is 0 Å². The number of anilines is 1. The molecule has 0 saturated heterocycles. The molecule has 0 spiro atoms. The Kier molecular flexibility index (Phi) is 4.82. The van der Waals surface area contributed by atoms with Crippen LogP contribution in [0.25, 0.3) is 0 Å². The SMILES string of the molecule is CC(=O)Nc1nnc(S(=O)(=O)c2cc3c(c(Cl)c2Cl)OC(C(=O)O)C3)s1. The zero-order valence-electron chi connectivity index (χ0n) is 12.8. The van der Waals surface area contributed by atoms with Crippen LogP contribution in [0.3, 0.4) is 0 Å². The molecule has 2 heterocycles. The third-order valence-corrected chi connectivity index (χ3v) is 7.30. The average molecular weight is 438 g/mol. The summed E-state index contributed by atoms with van der Waals surface area (Å²) < 4.78 is 30.5. The molecule has 1 aromatic carbocycles. The number of aromatic nitrogens is 2. The molecule has 1 unspecified atom stereocenters. The number of nitrogens with zero attached hydrogens (tertiary/aromatic N) is 2. The number of hydrogen-bond donors (Lipinski definition) is 2. The first-order chi connectivity index (χ1) is 12.1. The molecule has 0 bridgehead atoms. The van der Waals surface area contributed by atoms with E-state index in [2.05, 4.69) is 15.5 Å². The second-order valence-electron chi connectivity index (χ2n) is 5.20. The van der Waals surface area contributed by atoms with Crippen LogP contribution in [0, 0.1) is 0 Å². The van der Waals surface area contributed by atoms with Crippen molar-refractivity contribution in [2.24, 2.45) is 0 Å². The number of halogens is 2. The third kappa shape index (κ3) is 3.22. The van der Waals surface area contributed by atoms with Crippen molar-refractivity contribution in [1.82, 2.24) is 10.2 Å². The van der Waals surface area contributed by atoms with Crippen LogP contribution in [0.2, 0.25) is 10.0 Å². The Balaban J connectivity index is 2.06. The summed E-state index contributed by atoms with van der Waals surface area (Å²) in [5.41, 5.74) is 0.303. The topological polar surface area (TPSA) is 136 Å². The van der Waals surface area contributed by atoms with E-state index in [4.69, 9.17) is 33.0 Å². The van der Waals surface area contributed by atoms with Gasteiger partial charge in [0.05, 0.1) is 9.92 Å². The number of carbonyl (C=O) groups is 2. The van der Waals surface area contributed by atoms with Gasteiger partial charge in [0.15, 0.2) is 6.10 Å². The maximum atomic E-state index is 12.8. The molecule has 138 valence electrons. The zero-order chi connectivity index (χ0) is 19.2. The predicted molar refractivity (Wildman–Crippen MR) is 91.9 cm³/mol. The van der Waals surface area contributed by atoms with Crippen LogP contribution >= 0.6 is 34.5 Å². The molecule has 2 N–H and O–H groups in total. The molecular formula is C13H9Cl2N3O6S2. The van der Waals surface area contributed by atoms with Gasteiger partial charge >= 0.3 is 5.97 Å². The largest absolute Gasteiger partial charge is 0.478 e. The second kappa shape index (κ2) is 6.65. The maximum Gasteiger partial charge on any atom is 0.345 e. The van der Waals surface area contributed by atoms with Crippen LogP contribution in [0.1, 0.15) is 12.5 Å². The van der Waals surface area contributed by atoms with Gasteiger partial charge in [0, 0.05) is 18.9 Å². The number of carboxylic acid groups (broad SMARTS) is 1. The van der Waals surface area contributed by atoms with E-state index in [-0.39, 0.29) is 32.2 Å². The maximum absolute atomic E-state index is 12.8. The van der Waals surface area contributed by atoms with Gasteiger partial charge in [0.1, 0.15) is 10.8 Å². The number of carboxylic acids is 1. The van der Waals surface area contributed by atoms with Crippen LogP contribution in [0.15, 0.2) is 15.3 Å². The number of aliphatic carboxylic acids is 1. The highest BCUT2D eigenvalue weighted by atomic mass is 35.5. The number of nitrogens with one attached hydrogen (secondary N) is 1. The lowest BCUT2D eigenvalue weighted by molar-refractivity contribution is -0.144. The van der Waals surface area contributed by atoms with Crippen molar-refractivity contribution in [3.05, 3.63) is 21.7 Å². The van der Waals surface area contributed by atoms with E-state index in [1.807, 2.05) is 0 Å². The Labute approximate surface area is 160 Å². The highest BCUT2D eigenvalue weighted by Crippen LogP contribution is 2.45. The van der Waals surface area contributed by atoms with Gasteiger partial charge in [0.2, 0.25) is 25.2 Å². The van der Waals surface area contributed by atoms with E-state index in [1.54, 1.807) is 0 Å². The molecule has 1 aliphatic heterocycles. The summed E-state index contributed by atoms with van der Waals surface area (Å²) in [7, 11) is -4.19. The predicted octanol–water partition coefficient (Wildman–Crippen LogP) is 2.02. The molecule has 13 heteroatoms. The molecule has 9 nitrogen and oxygen atoms in total. The number of benzene rings is 1. The van der Waals surface area contributed by atoms with Gasteiger partial charge in [-0.15, -0.1) is 10.2 Å². The Morgan fingerprint density at radius 2 is 2.04 bits per heavy atom. The van der Waals surface area contributed by atoms with Gasteiger partial charge < -0.3 is 15.2 Å². The first kappa shape index (κ1) is 18.8. The van der Waals surface area contributed by atoms with Crippen molar-refractivity contribution in [3.63, 3.8) is 0 Å². The van der Waals surface area contributed by atoms with Crippen molar-refractivity contribution >= 4 is 61.4 Å². The van der Waals surface area contributed by atoms with Gasteiger partial charge in [-0.1, -0.05) is 34.5 Å². The first-order valence-electron chi connectivity index (χ1n) is 6.87. The lowest BCUT2D eigenvalue weighted by Gasteiger charge is -2.09. The molecule has 0 saturated carbocycles. The molecular weight excluding hydrogens is 429 g/mol.